The van der Waals surface area contributed by atoms with Crippen LogP contribution in [0.3, 0.4) is 0 Å². The van der Waals surface area contributed by atoms with Crippen molar-refractivity contribution in [3.63, 3.8) is 0 Å². The lowest BCUT2D eigenvalue weighted by molar-refractivity contribution is -0.216. The van der Waals surface area contributed by atoms with Crippen LogP contribution in [0.1, 0.15) is 115 Å². The topological polar surface area (TPSA) is 150 Å². The van der Waals surface area contributed by atoms with Crippen molar-refractivity contribution in [3.05, 3.63) is 57.7 Å². The molecule has 9 rings (SSSR count). The second-order valence-electron chi connectivity index (χ2n) is 20.7. The first-order valence-corrected chi connectivity index (χ1v) is 23.9. The summed E-state index contributed by atoms with van der Waals surface area (Å²) in [5, 5.41) is 0. The summed E-state index contributed by atoms with van der Waals surface area (Å²) in [6, 6.07) is -0.582. The van der Waals surface area contributed by atoms with Gasteiger partial charge in [0.15, 0.2) is 28.5 Å². The molecule has 6 fully saturated rings. The average Bonchev–Trinajstić information content (AvgIpc) is 3.42. The summed E-state index contributed by atoms with van der Waals surface area (Å²) < 4.78 is 39.3. The number of fused-ring (bicyclic) bond motifs is 2. The number of carbonyl (C=O) groups is 5. The molecular weight excluding hydrogens is 843 g/mol. The second kappa shape index (κ2) is 18.1. The van der Waals surface area contributed by atoms with E-state index in [2.05, 4.69) is 35.8 Å². The maximum Gasteiger partial charge on any atom is 0.333 e. The molecular formula is C52H69N3O11. The van der Waals surface area contributed by atoms with Crippen molar-refractivity contribution in [2.45, 2.75) is 129 Å². The summed E-state index contributed by atoms with van der Waals surface area (Å²) in [5.74, 6) is -3.14. The molecule has 5 aliphatic heterocycles. The molecule has 1 aromatic carbocycles. The number of ether oxygens (including phenoxy) is 6. The van der Waals surface area contributed by atoms with Crippen LogP contribution in [0, 0.1) is 17.8 Å². The monoisotopic (exact) mass is 911 g/mol. The van der Waals surface area contributed by atoms with Crippen molar-refractivity contribution in [2.75, 3.05) is 66.6 Å². The predicted octanol–water partition coefficient (Wildman–Crippen LogP) is 6.47. The van der Waals surface area contributed by atoms with Crippen LogP contribution in [0.25, 0.3) is 6.08 Å². The van der Waals surface area contributed by atoms with Gasteiger partial charge in [0, 0.05) is 81.1 Å². The first kappa shape index (κ1) is 47.8. The number of Topliss-reactive ketones (excluding diaryl/α,β-unsaturated/α-hetero) is 2. The van der Waals surface area contributed by atoms with Gasteiger partial charge >= 0.3 is 11.9 Å². The Kier molecular flexibility index (Phi) is 13.1. The molecule has 1 spiro atoms. The zero-order valence-corrected chi connectivity index (χ0v) is 40.6. The fourth-order valence-electron chi connectivity index (χ4n) is 11.9. The van der Waals surface area contributed by atoms with Gasteiger partial charge in [0.25, 0.3) is 0 Å². The van der Waals surface area contributed by atoms with Crippen molar-refractivity contribution in [1.82, 2.24) is 14.7 Å². The molecule has 1 aromatic rings. The van der Waals surface area contributed by atoms with Gasteiger partial charge in [-0.3, -0.25) is 24.1 Å². The van der Waals surface area contributed by atoms with E-state index in [9.17, 15) is 14.4 Å². The molecule has 5 heterocycles. The molecule has 14 heteroatoms. The molecule has 358 valence electrons. The molecule has 3 saturated heterocycles. The van der Waals surface area contributed by atoms with Gasteiger partial charge in [0.1, 0.15) is 22.7 Å². The lowest BCUT2D eigenvalue weighted by Crippen LogP contribution is -2.82. The SMILES string of the molecule is COC(=O)/C(C)=C\CC12OC(C)(C)C3CC(C1=O)C(N1CCOCC1)C1C(=O)c4c(OC(=O)CCC(=O)N5CCN(C)CC5)c5c(c(CC=C(C)C)c4OC132)OC(C)(CCC=C(C)C)C=C5. The van der Waals surface area contributed by atoms with Crippen molar-refractivity contribution in [3.8, 4) is 17.2 Å². The van der Waals surface area contributed by atoms with E-state index in [0.717, 1.165) is 25.1 Å². The van der Waals surface area contributed by atoms with Gasteiger partial charge in [-0.25, -0.2) is 4.79 Å². The summed E-state index contributed by atoms with van der Waals surface area (Å²) >= 11 is 0. The molecule has 3 saturated carbocycles. The molecule has 7 unspecified atom stereocenters. The normalized spacial score (nSPS) is 30.9. The molecule has 0 N–H and O–H groups in total. The maximum atomic E-state index is 16.4. The Bertz CT molecular complexity index is 2290. The molecule has 0 aromatic heterocycles. The van der Waals surface area contributed by atoms with Gasteiger partial charge in [-0.15, -0.1) is 0 Å². The van der Waals surface area contributed by atoms with Gasteiger partial charge in [-0.1, -0.05) is 29.4 Å². The van der Waals surface area contributed by atoms with Gasteiger partial charge in [0.2, 0.25) is 5.91 Å². The summed E-state index contributed by atoms with van der Waals surface area (Å²) in [5.41, 5.74) is -1.27. The molecule has 0 radical (unpaired) electrons. The minimum Gasteiger partial charge on any atom is -0.482 e. The molecule has 66 heavy (non-hydrogen) atoms. The minimum atomic E-state index is -1.68. The Labute approximate surface area is 389 Å². The van der Waals surface area contributed by atoms with E-state index >= 15 is 9.59 Å². The Morgan fingerprint density at radius 2 is 1.58 bits per heavy atom. The first-order chi connectivity index (χ1) is 31.3. The predicted molar refractivity (Wildman–Crippen MR) is 248 cm³/mol. The van der Waals surface area contributed by atoms with Gasteiger partial charge in [0.05, 0.1) is 43.8 Å². The number of piperazine rings is 1. The number of benzene rings is 1. The Morgan fingerprint density at radius 1 is 0.879 bits per heavy atom. The summed E-state index contributed by atoms with van der Waals surface area (Å²) in [7, 11) is 3.33. The molecule has 3 aliphatic carbocycles. The highest BCUT2D eigenvalue weighted by atomic mass is 16.6. The second-order valence-corrected chi connectivity index (χ2v) is 20.7. The van der Waals surface area contributed by atoms with E-state index in [4.69, 9.17) is 28.4 Å². The third-order valence-electron chi connectivity index (χ3n) is 15.3. The van der Waals surface area contributed by atoms with Crippen LogP contribution in [-0.2, 0) is 39.8 Å². The molecule has 8 aliphatic rings. The number of morpholine rings is 1. The molecule has 7 atom stereocenters. The largest absolute Gasteiger partial charge is 0.482 e. The van der Waals surface area contributed by atoms with Crippen LogP contribution in [0.2, 0.25) is 0 Å². The van der Waals surface area contributed by atoms with Crippen LogP contribution in [0.4, 0.5) is 0 Å². The van der Waals surface area contributed by atoms with E-state index in [1.165, 1.54) is 12.7 Å². The number of esters is 2. The zero-order valence-electron chi connectivity index (χ0n) is 40.6. The van der Waals surface area contributed by atoms with Crippen molar-refractivity contribution in [2.24, 2.45) is 17.8 Å². The van der Waals surface area contributed by atoms with Crippen LogP contribution in [0.5, 0.6) is 17.2 Å². The van der Waals surface area contributed by atoms with Crippen molar-refractivity contribution >= 4 is 35.5 Å². The van der Waals surface area contributed by atoms with Crippen LogP contribution < -0.4 is 14.2 Å². The standard InChI is InChI=1S/C52H69N3O11/c1-31(2)12-11-19-50(8)20-18-35-44(64-50)34(14-13-32(3)4)46-40(45(35)63-39(57)16-15-38(56)54-24-22-53(9)23-25-54)43(58)41-42(55-26-28-62-29-27-55)36-30-37-49(6,7)66-51(47(36)59,52(37,41)65-46)21-17-33(5)48(60)61-10/h12-13,17-18,20,36-37,41-42H,11,14-16,19,21-30H2,1-10H3/b33-17-. The number of hydrogen-bond acceptors (Lipinski definition) is 13. The van der Waals surface area contributed by atoms with Crippen LogP contribution in [-0.4, -0.2) is 139 Å². The first-order valence-electron chi connectivity index (χ1n) is 23.9. The number of hydrogen-bond donors (Lipinski definition) is 0. The summed E-state index contributed by atoms with van der Waals surface area (Å²) in [6.45, 7) is 20.2. The Hall–Kier alpha value is -4.63. The number of nitrogens with zero attached hydrogens (tertiary/aromatic N) is 3. The van der Waals surface area contributed by atoms with Gasteiger partial charge in [-0.2, -0.15) is 0 Å². The van der Waals surface area contributed by atoms with E-state index in [1.54, 1.807) is 17.9 Å². The Balaban J connectivity index is 1.34. The molecule has 1 amide bonds. The quantitative estimate of drug-likeness (QED) is 0.0922. The third kappa shape index (κ3) is 8.17. The van der Waals surface area contributed by atoms with E-state index in [0.29, 0.717) is 81.1 Å². The van der Waals surface area contributed by atoms with Crippen LogP contribution >= 0.6 is 0 Å². The zero-order chi connectivity index (χ0) is 47.5. The number of allylic oxidation sites excluding steroid dienone is 4. The fraction of sp³-hybridized carbons (Fsp3) is 0.635. The minimum absolute atomic E-state index is 0.0250. The highest BCUT2D eigenvalue weighted by molar-refractivity contribution is 6.11. The lowest BCUT2D eigenvalue weighted by atomic mass is 9.44. The fourth-order valence-corrected chi connectivity index (χ4v) is 11.9. The van der Waals surface area contributed by atoms with Crippen LogP contribution in [0.15, 0.2) is 41.0 Å². The highest BCUT2D eigenvalue weighted by Crippen LogP contribution is 2.71. The number of carbonyl (C=O) groups excluding carboxylic acids is 5. The summed E-state index contributed by atoms with van der Waals surface area (Å²) in [4.78, 5) is 78.7. The smallest absolute Gasteiger partial charge is 0.333 e. The van der Waals surface area contributed by atoms with E-state index < -0.39 is 58.1 Å². The number of ketones is 2. The van der Waals surface area contributed by atoms with Gasteiger partial charge < -0.3 is 38.2 Å². The number of amides is 1. The third-order valence-corrected chi connectivity index (χ3v) is 15.3. The van der Waals surface area contributed by atoms with Crippen molar-refractivity contribution < 1.29 is 52.4 Å². The number of likely N-dealkylation sites (N-methyl/N-ethyl adjacent to an activating group) is 1. The number of methoxy groups -OCH3 is 1. The van der Waals surface area contributed by atoms with Crippen molar-refractivity contribution in [1.29, 1.82) is 0 Å². The molecule has 4 bridgehead atoms. The highest BCUT2D eigenvalue weighted by Gasteiger charge is 2.86. The maximum absolute atomic E-state index is 16.4. The van der Waals surface area contributed by atoms with E-state index in [-0.39, 0.29) is 53.8 Å². The van der Waals surface area contributed by atoms with E-state index in [1.807, 2.05) is 53.8 Å². The Morgan fingerprint density at radius 3 is 2.24 bits per heavy atom. The average molecular weight is 912 g/mol. The lowest BCUT2D eigenvalue weighted by Gasteiger charge is -2.64. The molecule has 14 nitrogen and oxygen atoms in total. The summed E-state index contributed by atoms with van der Waals surface area (Å²) in [6.07, 6.45) is 11.6. The number of rotatable bonds is 13. The van der Waals surface area contributed by atoms with Gasteiger partial charge in [-0.05, 0) is 100 Å².